The number of hydrogen-bond donors (Lipinski definition) is 3. The van der Waals surface area contributed by atoms with E-state index in [0.29, 0.717) is 18.0 Å². The number of carbonyl (C=O) groups excluding carboxylic acids is 1. The van der Waals surface area contributed by atoms with Gasteiger partial charge in [0.15, 0.2) is 0 Å². The molecule has 0 saturated heterocycles. The lowest BCUT2D eigenvalue weighted by atomic mass is 9.96. The van der Waals surface area contributed by atoms with E-state index in [4.69, 9.17) is 11.6 Å². The molecule has 2 aromatic carbocycles. The summed E-state index contributed by atoms with van der Waals surface area (Å²) in [6.45, 7) is 0.437. The quantitative estimate of drug-likeness (QED) is 0.584. The number of hydrogen-bond acceptors (Lipinski definition) is 3. The van der Waals surface area contributed by atoms with Gasteiger partial charge in [0.2, 0.25) is 0 Å². The first kappa shape index (κ1) is 20.0. The Morgan fingerprint density at radius 2 is 1.93 bits per heavy atom. The molecule has 0 aliphatic carbocycles. The van der Waals surface area contributed by atoms with E-state index in [1.54, 1.807) is 23.4 Å². The van der Waals surface area contributed by atoms with Gasteiger partial charge in [-0.05, 0) is 23.3 Å². The third kappa shape index (κ3) is 4.16. The van der Waals surface area contributed by atoms with Crippen LogP contribution < -0.4 is 5.32 Å². The van der Waals surface area contributed by atoms with E-state index >= 15 is 0 Å². The molecule has 1 aliphatic heterocycles. The summed E-state index contributed by atoms with van der Waals surface area (Å²) in [5.41, 5.74) is 3.43. The van der Waals surface area contributed by atoms with Crippen LogP contribution in [0, 0.1) is 0 Å². The number of aromatic nitrogens is 2. The number of nitrogens with one attached hydrogen (secondary N) is 2. The molecule has 0 saturated carbocycles. The molecule has 0 bridgehead atoms. The summed E-state index contributed by atoms with van der Waals surface area (Å²) in [5.74, 6) is -1.08. The Bertz CT molecular complexity index is 1040. The van der Waals surface area contributed by atoms with E-state index in [1.807, 2.05) is 42.5 Å². The highest BCUT2D eigenvalue weighted by Crippen LogP contribution is 2.33. The fourth-order valence-electron chi connectivity index (χ4n) is 3.76. The van der Waals surface area contributed by atoms with Gasteiger partial charge in [-0.25, -0.2) is 14.6 Å². The summed E-state index contributed by atoms with van der Waals surface area (Å²) >= 11 is 6.03. The van der Waals surface area contributed by atoms with Gasteiger partial charge in [0, 0.05) is 30.1 Å². The number of rotatable bonds is 5. The van der Waals surface area contributed by atoms with Crippen molar-refractivity contribution in [1.29, 1.82) is 0 Å². The highest BCUT2D eigenvalue weighted by atomic mass is 35.5. The molecular weight excluding hydrogens is 404 g/mol. The van der Waals surface area contributed by atoms with Gasteiger partial charge in [-0.3, -0.25) is 0 Å². The van der Waals surface area contributed by atoms with E-state index in [1.165, 1.54) is 0 Å². The van der Waals surface area contributed by atoms with Crippen molar-refractivity contribution in [1.82, 2.24) is 20.2 Å². The van der Waals surface area contributed by atoms with Gasteiger partial charge in [0.05, 0.1) is 12.0 Å². The van der Waals surface area contributed by atoms with Crippen molar-refractivity contribution in [3.05, 3.63) is 88.5 Å². The molecule has 3 N–H and O–H groups in total. The molecule has 2 atom stereocenters. The number of H-pyrrole nitrogens is 1. The Morgan fingerprint density at radius 3 is 2.63 bits per heavy atom. The molecule has 3 aromatic rings. The number of urea groups is 1. The van der Waals surface area contributed by atoms with E-state index in [-0.39, 0.29) is 6.42 Å². The van der Waals surface area contributed by atoms with Crippen molar-refractivity contribution in [3.8, 4) is 0 Å². The Labute approximate surface area is 178 Å². The van der Waals surface area contributed by atoms with Crippen LogP contribution in [0.3, 0.4) is 0 Å². The molecule has 0 radical (unpaired) electrons. The fraction of sp³-hybridized carbons (Fsp3) is 0.227. The van der Waals surface area contributed by atoms with Gasteiger partial charge in [0.25, 0.3) is 0 Å². The SMILES string of the molecule is O=C(O)[C@@H](Cc1ccccc1)NC(=O)N1CCc2[nH]cnc2C1c1ccc(Cl)cc1. The number of carboxylic acid groups (broad SMARTS) is 1. The maximum absolute atomic E-state index is 13.2. The Kier molecular flexibility index (Phi) is 5.72. The van der Waals surface area contributed by atoms with Crippen molar-refractivity contribution in [2.45, 2.75) is 24.9 Å². The van der Waals surface area contributed by atoms with Crippen molar-refractivity contribution >= 4 is 23.6 Å². The number of imidazole rings is 1. The molecule has 0 spiro atoms. The summed E-state index contributed by atoms with van der Waals surface area (Å²) in [6.07, 6.45) is 2.43. The lowest BCUT2D eigenvalue weighted by molar-refractivity contribution is -0.139. The summed E-state index contributed by atoms with van der Waals surface area (Å²) < 4.78 is 0. The Morgan fingerprint density at radius 1 is 1.20 bits per heavy atom. The van der Waals surface area contributed by atoms with E-state index in [9.17, 15) is 14.7 Å². The van der Waals surface area contributed by atoms with Gasteiger partial charge in [-0.2, -0.15) is 0 Å². The summed E-state index contributed by atoms with van der Waals surface area (Å²) in [5, 5.41) is 12.9. The van der Waals surface area contributed by atoms with Gasteiger partial charge in [-0.1, -0.05) is 54.1 Å². The molecular formula is C22H21ClN4O3. The number of carbonyl (C=O) groups is 2. The molecule has 1 aliphatic rings. The van der Waals surface area contributed by atoms with Crippen molar-refractivity contribution in [2.75, 3.05) is 6.54 Å². The molecule has 8 heteroatoms. The third-order valence-corrected chi connectivity index (χ3v) is 5.50. The van der Waals surface area contributed by atoms with E-state index < -0.39 is 24.1 Å². The van der Waals surface area contributed by atoms with Crippen LogP contribution in [-0.4, -0.2) is 44.6 Å². The number of nitrogens with zero attached hydrogens (tertiary/aromatic N) is 2. The molecule has 154 valence electrons. The van der Waals surface area contributed by atoms with Crippen LogP contribution in [0.1, 0.15) is 28.6 Å². The van der Waals surface area contributed by atoms with Crippen LogP contribution in [0.5, 0.6) is 0 Å². The first-order valence-electron chi connectivity index (χ1n) is 9.64. The van der Waals surface area contributed by atoms with Gasteiger partial charge >= 0.3 is 12.0 Å². The highest BCUT2D eigenvalue weighted by Gasteiger charge is 2.35. The third-order valence-electron chi connectivity index (χ3n) is 5.25. The minimum Gasteiger partial charge on any atom is -0.480 e. The second-order valence-electron chi connectivity index (χ2n) is 7.19. The number of halogens is 1. The Hall–Kier alpha value is -3.32. The number of benzene rings is 2. The van der Waals surface area contributed by atoms with Crippen LogP contribution in [0.25, 0.3) is 0 Å². The minimum atomic E-state index is -1.08. The van der Waals surface area contributed by atoms with Gasteiger partial charge in [-0.15, -0.1) is 0 Å². The zero-order valence-electron chi connectivity index (χ0n) is 16.1. The van der Waals surface area contributed by atoms with Crippen LogP contribution in [0.2, 0.25) is 5.02 Å². The molecule has 4 rings (SSSR count). The standard InChI is InChI=1S/C22H21ClN4O3/c23-16-8-6-15(7-9-16)20-19-17(24-13-25-19)10-11-27(20)22(30)26-18(21(28)29)12-14-4-2-1-3-5-14/h1-9,13,18,20H,10-12H2,(H,24,25)(H,26,30)(H,28,29)/t18-,20?/m1/s1. The number of aliphatic carboxylic acids is 1. The lowest BCUT2D eigenvalue weighted by Crippen LogP contribution is -2.51. The van der Waals surface area contributed by atoms with Crippen LogP contribution in [0.15, 0.2) is 60.9 Å². The second-order valence-corrected chi connectivity index (χ2v) is 7.63. The molecule has 1 aromatic heterocycles. The van der Waals surface area contributed by atoms with E-state index in [0.717, 1.165) is 22.5 Å². The maximum Gasteiger partial charge on any atom is 0.326 e. The first-order valence-corrected chi connectivity index (χ1v) is 10.0. The molecule has 2 amide bonds. The fourth-order valence-corrected chi connectivity index (χ4v) is 3.89. The van der Waals surface area contributed by atoms with Crippen molar-refractivity contribution in [2.24, 2.45) is 0 Å². The Balaban J connectivity index is 1.59. The molecule has 7 nitrogen and oxygen atoms in total. The monoisotopic (exact) mass is 424 g/mol. The highest BCUT2D eigenvalue weighted by molar-refractivity contribution is 6.30. The normalized spacial score (nSPS) is 16.6. The van der Waals surface area contributed by atoms with Crippen LogP contribution >= 0.6 is 11.6 Å². The van der Waals surface area contributed by atoms with Crippen molar-refractivity contribution in [3.63, 3.8) is 0 Å². The molecule has 1 unspecified atom stereocenters. The number of carboxylic acids is 1. The second kappa shape index (κ2) is 8.59. The molecule has 30 heavy (non-hydrogen) atoms. The summed E-state index contributed by atoms with van der Waals surface area (Å²) in [7, 11) is 0. The predicted molar refractivity (Wildman–Crippen MR) is 112 cm³/mol. The smallest absolute Gasteiger partial charge is 0.326 e. The van der Waals surface area contributed by atoms with Gasteiger partial charge in [0.1, 0.15) is 12.1 Å². The number of aromatic amines is 1. The van der Waals surface area contributed by atoms with Crippen molar-refractivity contribution < 1.29 is 14.7 Å². The number of amides is 2. The predicted octanol–water partition coefficient (Wildman–Crippen LogP) is 3.42. The lowest BCUT2D eigenvalue weighted by Gasteiger charge is -2.36. The minimum absolute atomic E-state index is 0.203. The summed E-state index contributed by atoms with van der Waals surface area (Å²) in [6, 6.07) is 14.6. The summed E-state index contributed by atoms with van der Waals surface area (Å²) in [4.78, 5) is 34.2. The molecule has 2 heterocycles. The first-order chi connectivity index (χ1) is 14.5. The topological polar surface area (TPSA) is 98.3 Å². The zero-order valence-corrected chi connectivity index (χ0v) is 16.8. The maximum atomic E-state index is 13.2. The average molecular weight is 425 g/mol. The number of fused-ring (bicyclic) bond motifs is 1. The van der Waals surface area contributed by atoms with E-state index in [2.05, 4.69) is 15.3 Å². The molecule has 0 fully saturated rings. The average Bonchev–Trinajstić information content (AvgIpc) is 3.23. The zero-order chi connectivity index (χ0) is 21.1. The van der Waals surface area contributed by atoms with Gasteiger partial charge < -0.3 is 20.3 Å². The largest absolute Gasteiger partial charge is 0.480 e. The van der Waals surface area contributed by atoms with Crippen LogP contribution in [-0.2, 0) is 17.6 Å². The van der Waals surface area contributed by atoms with Crippen LogP contribution in [0.4, 0.5) is 4.79 Å².